The van der Waals surface area contributed by atoms with Crippen LogP contribution in [0.15, 0.2) is 52.2 Å². The Labute approximate surface area is 289 Å². The number of nitrogens with zero attached hydrogens (tertiary/aromatic N) is 2. The molecule has 4 rings (SSSR count). The third kappa shape index (κ3) is 11.2. The normalized spacial score (nSPS) is 15.0. The van der Waals surface area contributed by atoms with Gasteiger partial charge in [0.15, 0.2) is 4.34 Å². The number of carbonyl (C=O) groups excluding carboxylic acids is 3. The number of rotatable bonds is 11. The van der Waals surface area contributed by atoms with Crippen molar-refractivity contribution in [3.63, 3.8) is 0 Å². The number of halogens is 2. The van der Waals surface area contributed by atoms with Crippen LogP contribution in [0.25, 0.3) is 11.3 Å². The van der Waals surface area contributed by atoms with E-state index in [1.165, 1.54) is 23.1 Å². The molecule has 0 aliphatic carbocycles. The summed E-state index contributed by atoms with van der Waals surface area (Å²) in [6.45, 7) is 11.6. The molecule has 248 valence electrons. The maximum absolute atomic E-state index is 13.1. The van der Waals surface area contributed by atoms with Crippen LogP contribution >= 0.6 is 46.3 Å². The van der Waals surface area contributed by atoms with Gasteiger partial charge in [-0.3, -0.25) is 14.5 Å². The van der Waals surface area contributed by atoms with E-state index >= 15 is 0 Å². The number of carbonyl (C=O) groups is 3. The van der Waals surface area contributed by atoms with E-state index in [0.29, 0.717) is 15.7 Å². The molecule has 2 heterocycles. The molecule has 1 fully saturated rings. The van der Waals surface area contributed by atoms with Gasteiger partial charge in [-0.15, -0.1) is 11.3 Å². The number of benzene rings is 2. The number of ether oxygens (including phenoxy) is 1. The van der Waals surface area contributed by atoms with Crippen LogP contribution in [-0.4, -0.2) is 64.3 Å². The van der Waals surface area contributed by atoms with Gasteiger partial charge in [-0.1, -0.05) is 67.0 Å². The molecule has 1 atom stereocenters. The largest absolute Gasteiger partial charge is 0.444 e. The van der Waals surface area contributed by atoms with Crippen molar-refractivity contribution >= 4 is 69.9 Å². The highest BCUT2D eigenvalue weighted by atomic mass is 35.5. The average Bonchev–Trinajstić information content (AvgIpc) is 3.46. The summed E-state index contributed by atoms with van der Waals surface area (Å²) in [6.07, 6.45) is 1.14. The van der Waals surface area contributed by atoms with Crippen molar-refractivity contribution in [2.24, 2.45) is 5.92 Å². The third-order valence-corrected chi connectivity index (χ3v) is 9.96. The summed E-state index contributed by atoms with van der Waals surface area (Å²) < 4.78 is 6.12. The molecule has 0 spiro atoms. The Morgan fingerprint density at radius 3 is 2.50 bits per heavy atom. The summed E-state index contributed by atoms with van der Waals surface area (Å²) in [7, 11) is 0. The topological polar surface area (TPSA) is 113 Å². The number of nitrogens with one attached hydrogen (secondary N) is 3. The van der Waals surface area contributed by atoms with Crippen LogP contribution in [0.1, 0.15) is 53.0 Å². The Morgan fingerprint density at radius 1 is 1.09 bits per heavy atom. The van der Waals surface area contributed by atoms with E-state index < -0.39 is 17.7 Å². The highest BCUT2D eigenvalue weighted by Crippen LogP contribution is 2.30. The molecule has 13 heteroatoms. The molecule has 0 saturated carbocycles. The van der Waals surface area contributed by atoms with Crippen molar-refractivity contribution in [1.29, 1.82) is 0 Å². The second kappa shape index (κ2) is 16.3. The maximum Gasteiger partial charge on any atom is 0.408 e. The van der Waals surface area contributed by atoms with Gasteiger partial charge in [-0.25, -0.2) is 9.78 Å². The Hall–Kier alpha value is -2.83. The molecule has 3 aromatic rings. The Bertz CT molecular complexity index is 1520. The number of alkyl carbamates (subject to hydrolysis) is 1. The van der Waals surface area contributed by atoms with Crippen molar-refractivity contribution < 1.29 is 19.1 Å². The van der Waals surface area contributed by atoms with E-state index in [4.69, 9.17) is 32.9 Å². The van der Waals surface area contributed by atoms with Crippen LogP contribution in [0, 0.1) is 5.92 Å². The van der Waals surface area contributed by atoms with Crippen molar-refractivity contribution in [3.05, 3.63) is 63.5 Å². The molecule has 46 heavy (non-hydrogen) atoms. The van der Waals surface area contributed by atoms with Crippen LogP contribution in [0.3, 0.4) is 0 Å². The number of thiazole rings is 1. The van der Waals surface area contributed by atoms with Gasteiger partial charge >= 0.3 is 6.09 Å². The van der Waals surface area contributed by atoms with Gasteiger partial charge in [0.05, 0.1) is 21.5 Å². The lowest BCUT2D eigenvalue weighted by atomic mass is 10.0. The lowest BCUT2D eigenvalue weighted by molar-refractivity contribution is -0.120. The number of likely N-dealkylation sites (tertiary alicyclic amines) is 1. The fourth-order valence-electron chi connectivity index (χ4n) is 4.93. The zero-order valence-electron chi connectivity index (χ0n) is 26.7. The molecule has 9 nitrogen and oxygen atoms in total. The van der Waals surface area contributed by atoms with Crippen LogP contribution in [0.4, 0.5) is 10.5 Å². The van der Waals surface area contributed by atoms with Crippen molar-refractivity contribution in [2.75, 3.05) is 24.2 Å². The summed E-state index contributed by atoms with van der Waals surface area (Å²) >= 11 is 15.1. The predicted molar refractivity (Wildman–Crippen MR) is 188 cm³/mol. The first-order valence-corrected chi connectivity index (χ1v) is 17.8. The van der Waals surface area contributed by atoms with Gasteiger partial charge in [-0.05, 0) is 69.4 Å². The number of thioether (sulfide) groups is 1. The second-order valence-electron chi connectivity index (χ2n) is 12.6. The minimum absolute atomic E-state index is 0.00547. The molecule has 0 radical (unpaired) electrons. The van der Waals surface area contributed by atoms with E-state index in [-0.39, 0.29) is 29.5 Å². The number of piperidine rings is 1. The summed E-state index contributed by atoms with van der Waals surface area (Å²) in [4.78, 5) is 45.1. The fourth-order valence-corrected chi connectivity index (χ4v) is 6.90. The van der Waals surface area contributed by atoms with E-state index in [9.17, 15) is 14.4 Å². The van der Waals surface area contributed by atoms with E-state index in [1.807, 2.05) is 55.6 Å². The first kappa shape index (κ1) is 36.0. The van der Waals surface area contributed by atoms with Gasteiger partial charge < -0.3 is 20.7 Å². The first-order chi connectivity index (χ1) is 21.8. The van der Waals surface area contributed by atoms with E-state index in [1.54, 1.807) is 26.8 Å². The zero-order valence-corrected chi connectivity index (χ0v) is 29.8. The molecule has 0 bridgehead atoms. The lowest BCUT2D eigenvalue weighted by Crippen LogP contribution is -2.48. The van der Waals surface area contributed by atoms with Crippen LogP contribution < -0.4 is 16.0 Å². The molecule has 1 aliphatic rings. The van der Waals surface area contributed by atoms with Crippen LogP contribution in [0.5, 0.6) is 0 Å². The van der Waals surface area contributed by atoms with Gasteiger partial charge in [-0.2, -0.15) is 0 Å². The SMILES string of the molecule is CC(C)[C@H](NC(=O)OC(C)(C)C)C(=O)Nc1cccc(-c2csc(SCC(=O)NC3CCN(Cc4ccc(Cl)c(Cl)c4)CC3)n2)c1. The first-order valence-electron chi connectivity index (χ1n) is 15.2. The smallest absolute Gasteiger partial charge is 0.408 e. The molecule has 2 aromatic carbocycles. The quantitative estimate of drug-likeness (QED) is 0.177. The Morgan fingerprint density at radius 2 is 1.83 bits per heavy atom. The summed E-state index contributed by atoms with van der Waals surface area (Å²) in [6, 6.07) is 12.5. The number of aromatic nitrogens is 1. The lowest BCUT2D eigenvalue weighted by Gasteiger charge is -2.32. The Kier molecular flexibility index (Phi) is 12.8. The highest BCUT2D eigenvalue weighted by Gasteiger charge is 2.27. The van der Waals surface area contributed by atoms with Gasteiger partial charge in [0, 0.05) is 42.3 Å². The molecule has 1 aliphatic heterocycles. The van der Waals surface area contributed by atoms with Gasteiger partial charge in [0.2, 0.25) is 11.8 Å². The predicted octanol–water partition coefficient (Wildman–Crippen LogP) is 7.48. The van der Waals surface area contributed by atoms with Crippen molar-refractivity contribution in [2.45, 2.75) is 76.0 Å². The summed E-state index contributed by atoms with van der Waals surface area (Å²) in [5.74, 6) is -0.211. The minimum atomic E-state index is -0.770. The number of hydrogen-bond acceptors (Lipinski definition) is 8. The molecule has 1 aromatic heterocycles. The molecule has 0 unspecified atom stereocenters. The maximum atomic E-state index is 13.1. The Balaban J connectivity index is 1.24. The second-order valence-corrected chi connectivity index (χ2v) is 15.5. The summed E-state index contributed by atoms with van der Waals surface area (Å²) in [5.41, 5.74) is 2.63. The zero-order chi connectivity index (χ0) is 33.4. The van der Waals surface area contributed by atoms with Crippen LogP contribution in [-0.2, 0) is 20.9 Å². The number of hydrogen-bond donors (Lipinski definition) is 3. The van der Waals surface area contributed by atoms with Crippen molar-refractivity contribution in [1.82, 2.24) is 20.5 Å². The third-order valence-electron chi connectivity index (χ3n) is 7.20. The average molecular weight is 707 g/mol. The summed E-state index contributed by atoms with van der Waals surface area (Å²) in [5, 5.41) is 11.8. The van der Waals surface area contributed by atoms with Gasteiger partial charge in [0.25, 0.3) is 0 Å². The van der Waals surface area contributed by atoms with E-state index in [0.717, 1.165) is 53.6 Å². The monoisotopic (exact) mass is 705 g/mol. The number of anilines is 1. The van der Waals surface area contributed by atoms with Crippen molar-refractivity contribution in [3.8, 4) is 11.3 Å². The number of amides is 3. The molecular formula is C33H41Cl2N5O4S2. The molecule has 3 N–H and O–H groups in total. The molecule has 1 saturated heterocycles. The van der Waals surface area contributed by atoms with Crippen LogP contribution in [0.2, 0.25) is 10.0 Å². The fraction of sp³-hybridized carbons (Fsp3) is 0.455. The highest BCUT2D eigenvalue weighted by molar-refractivity contribution is 8.01. The molecule has 3 amide bonds. The van der Waals surface area contributed by atoms with Gasteiger partial charge in [0.1, 0.15) is 11.6 Å². The van der Waals surface area contributed by atoms with E-state index in [2.05, 4.69) is 20.9 Å². The minimum Gasteiger partial charge on any atom is -0.444 e. The molecular weight excluding hydrogens is 665 g/mol. The standard InChI is InChI=1S/C33H41Cl2N5O4S2/c1-20(2)29(39-31(43)44-33(3,4)5)30(42)37-24-8-6-7-22(16-24)27-18-45-32(38-27)46-19-28(41)36-23-11-13-40(14-12-23)17-21-9-10-25(34)26(35)15-21/h6-10,15-16,18,20,23,29H,11-14,17,19H2,1-5H3,(H,36,41)(H,37,42)(H,39,43)/t29-/m0/s1.